The Labute approximate surface area is 82.3 Å². The molecule has 0 rings (SSSR count). The van der Waals surface area contributed by atoms with Crippen LogP contribution in [0.5, 0.6) is 0 Å². The molecule has 0 radical (unpaired) electrons. The molecule has 0 unspecified atom stereocenters. The van der Waals surface area contributed by atoms with E-state index < -0.39 is 0 Å². The normalized spacial score (nSPS) is 13.8. The second kappa shape index (κ2) is 4.81. The molecule has 0 saturated carbocycles. The zero-order chi connectivity index (χ0) is 9.78. The highest BCUT2D eigenvalue weighted by Crippen LogP contribution is 2.12. The largest absolute Gasteiger partial charge is 0.360 e. The maximum absolute atomic E-state index is 4.49. The molecule has 0 aliphatic carbocycles. The first-order chi connectivity index (χ1) is 5.43. The molecule has 0 N–H and O–H groups in total. The summed E-state index contributed by atoms with van der Waals surface area (Å²) in [5.41, 5.74) is 0.242. The molecule has 0 aromatic heterocycles. The Hall–Kier alpha value is -0.0962. The van der Waals surface area contributed by atoms with E-state index >= 15 is 0 Å². The quantitative estimate of drug-likeness (QED) is 0.324. The number of hydrogen-bond donors (Lipinski definition) is 0. The van der Waals surface area contributed by atoms with Crippen LogP contribution in [-0.4, -0.2) is 49.1 Å². The van der Waals surface area contributed by atoms with Gasteiger partial charge in [0.15, 0.2) is 0 Å². The Morgan fingerprint density at radius 2 is 1.83 bits per heavy atom. The van der Waals surface area contributed by atoms with Gasteiger partial charge in [-0.15, -0.1) is 0 Å². The lowest BCUT2D eigenvalue weighted by atomic mass is 10.1. The van der Waals surface area contributed by atoms with E-state index in [0.29, 0.717) is 0 Å². The van der Waals surface area contributed by atoms with E-state index in [-0.39, 0.29) is 5.54 Å². The van der Waals surface area contributed by atoms with Gasteiger partial charge in [-0.25, -0.2) is 0 Å². The van der Waals surface area contributed by atoms with Gasteiger partial charge in [0.2, 0.25) is 0 Å². The minimum atomic E-state index is 0.242. The van der Waals surface area contributed by atoms with Crippen molar-refractivity contribution in [1.82, 2.24) is 4.90 Å². The molecule has 12 heavy (non-hydrogen) atoms. The van der Waals surface area contributed by atoms with Gasteiger partial charge in [-0.05, 0) is 27.7 Å². The number of rotatable bonds is 2. The molecule has 0 aromatic rings. The third kappa shape index (κ3) is 3.53. The molecule has 72 valence electrons. The summed E-state index contributed by atoms with van der Waals surface area (Å²) in [6.07, 6.45) is 2.21. The molecule has 0 bridgehead atoms. The number of hydrogen-bond acceptors (Lipinski definition) is 1. The molecule has 0 aliphatic rings. The predicted octanol–water partition coefficient (Wildman–Crippen LogP) is -0.849. The highest BCUT2D eigenvalue weighted by Gasteiger charge is 2.19. The van der Waals surface area contributed by atoms with E-state index in [2.05, 4.69) is 37.6 Å². The number of amidine groups is 1. The average Bonchev–Trinajstić information content (AvgIpc) is 1.85. The van der Waals surface area contributed by atoms with Crippen LogP contribution in [0.1, 0.15) is 27.7 Å². The van der Waals surface area contributed by atoms with Crippen molar-refractivity contribution in [2.45, 2.75) is 33.2 Å². The molecule has 0 amide bonds. The van der Waals surface area contributed by atoms with Gasteiger partial charge in [-0.1, -0.05) is 0 Å². The lowest BCUT2D eigenvalue weighted by molar-refractivity contribution is 0.267. The fourth-order valence-electron chi connectivity index (χ4n) is 1.50. The smallest absolute Gasteiger partial charge is 0.0954 e. The summed E-state index contributed by atoms with van der Waals surface area (Å²) in [5.74, 6) is 1.22. The Bertz CT molecular complexity index is 161. The summed E-state index contributed by atoms with van der Waals surface area (Å²) in [6.45, 7) is 8.87. The van der Waals surface area contributed by atoms with Gasteiger partial charge in [0, 0.05) is 38.4 Å². The number of aliphatic imine (C=N–C) groups is 1. The average molecular weight is 202 g/mol. The molecule has 0 heterocycles. The molecule has 0 fully saturated rings. The van der Waals surface area contributed by atoms with E-state index in [1.54, 1.807) is 0 Å². The minimum absolute atomic E-state index is 0.242. The first kappa shape index (κ1) is 11.9. The maximum Gasteiger partial charge on any atom is 0.0954 e. The van der Waals surface area contributed by atoms with Crippen molar-refractivity contribution in [2.75, 3.05) is 12.3 Å². The molecule has 0 atom stereocenters. The van der Waals surface area contributed by atoms with Crippen molar-refractivity contribution in [3.8, 4) is 0 Å². The molecule has 0 aromatic carbocycles. The summed E-state index contributed by atoms with van der Waals surface area (Å²) in [6, 6.07) is 0. The minimum Gasteiger partial charge on any atom is -0.360 e. The summed E-state index contributed by atoms with van der Waals surface area (Å²) in [4.78, 5) is 6.89. The van der Waals surface area contributed by atoms with Crippen LogP contribution in [0.15, 0.2) is 4.99 Å². The Kier molecular flexibility index (Phi) is 4.78. The van der Waals surface area contributed by atoms with Crippen LogP contribution >= 0.6 is 0 Å². The monoisotopic (exact) mass is 202 g/mol. The van der Waals surface area contributed by atoms with Gasteiger partial charge >= 0.3 is 0 Å². The van der Waals surface area contributed by atoms with Crippen molar-refractivity contribution >= 4 is 26.3 Å². The van der Waals surface area contributed by atoms with Crippen molar-refractivity contribution in [3.05, 3.63) is 0 Å². The van der Waals surface area contributed by atoms with Crippen LogP contribution in [0, 0.1) is 0 Å². The predicted molar refractivity (Wildman–Crippen MR) is 64.3 cm³/mol. The van der Waals surface area contributed by atoms with Crippen LogP contribution in [0.25, 0.3) is 0 Å². The second-order valence-electron chi connectivity index (χ2n) is 3.94. The highest BCUT2D eigenvalue weighted by molar-refractivity contribution is 6.11. The topological polar surface area (TPSA) is 15.6 Å². The summed E-state index contributed by atoms with van der Waals surface area (Å²) >= 11 is 0. The zero-order valence-electron chi connectivity index (χ0n) is 9.31. The van der Waals surface area contributed by atoms with Crippen molar-refractivity contribution in [2.24, 2.45) is 4.99 Å². The molecule has 2 nitrogen and oxygen atoms in total. The van der Waals surface area contributed by atoms with Crippen LogP contribution in [-0.2, 0) is 0 Å². The van der Waals surface area contributed by atoms with Crippen molar-refractivity contribution in [3.63, 3.8) is 0 Å². The molecular weight excluding hydrogens is 180 g/mol. The molecule has 0 spiro atoms. The van der Waals surface area contributed by atoms with E-state index in [1.165, 1.54) is 32.5 Å². The fourth-order valence-corrected chi connectivity index (χ4v) is 3.37. The summed E-state index contributed by atoms with van der Waals surface area (Å²) in [5, 5.41) is 0. The molecule has 0 saturated heterocycles. The molecular formula is C8H22N2Si2. The maximum atomic E-state index is 4.49. The summed E-state index contributed by atoms with van der Waals surface area (Å²) in [7, 11) is 2.38. The van der Waals surface area contributed by atoms with E-state index in [1.807, 2.05) is 0 Å². The lowest BCUT2D eigenvalue weighted by Gasteiger charge is -2.36. The Morgan fingerprint density at radius 1 is 1.33 bits per heavy atom. The third-order valence-electron chi connectivity index (χ3n) is 1.90. The van der Waals surface area contributed by atoms with E-state index in [0.717, 1.165) is 6.17 Å². The highest BCUT2D eigenvalue weighted by atomic mass is 28.1. The van der Waals surface area contributed by atoms with Crippen molar-refractivity contribution < 1.29 is 0 Å². The molecule has 4 heteroatoms. The zero-order valence-corrected chi connectivity index (χ0v) is 13.3. The SMILES string of the molecule is CC(=NC[SiH3])N(C[SiH3])C(C)(C)C. The fraction of sp³-hybridized carbons (Fsp3) is 0.875. The lowest BCUT2D eigenvalue weighted by Crippen LogP contribution is -2.45. The first-order valence-electron chi connectivity index (χ1n) is 4.72. The first-order valence-corrected chi connectivity index (χ1v) is 7.55. The molecule has 0 aliphatic heterocycles. The van der Waals surface area contributed by atoms with E-state index in [9.17, 15) is 0 Å². The number of nitrogens with zero attached hydrogens (tertiary/aromatic N) is 2. The van der Waals surface area contributed by atoms with Crippen molar-refractivity contribution in [1.29, 1.82) is 0 Å². The van der Waals surface area contributed by atoms with Gasteiger partial charge in [0.25, 0.3) is 0 Å². The van der Waals surface area contributed by atoms with Gasteiger partial charge in [0.1, 0.15) is 0 Å². The summed E-state index contributed by atoms with van der Waals surface area (Å²) < 4.78 is 0. The van der Waals surface area contributed by atoms with Crippen LogP contribution < -0.4 is 0 Å². The third-order valence-corrected chi connectivity index (χ3v) is 2.85. The second-order valence-corrected chi connectivity index (χ2v) is 5.20. The van der Waals surface area contributed by atoms with Crippen LogP contribution in [0.4, 0.5) is 0 Å². The Morgan fingerprint density at radius 3 is 2.08 bits per heavy atom. The van der Waals surface area contributed by atoms with E-state index in [4.69, 9.17) is 0 Å². The Balaban J connectivity index is 4.46. The van der Waals surface area contributed by atoms with Gasteiger partial charge in [-0.3, -0.25) is 4.99 Å². The van der Waals surface area contributed by atoms with Gasteiger partial charge in [-0.2, -0.15) is 0 Å². The standard InChI is InChI=1S/C8H22N2Si2/c1-7(9-5-11)10(6-12)8(2,3)4/h5-6H2,1-4,11-12H3. The van der Waals surface area contributed by atoms with Crippen LogP contribution in [0.3, 0.4) is 0 Å². The van der Waals surface area contributed by atoms with Gasteiger partial charge in [0.05, 0.1) is 5.84 Å². The van der Waals surface area contributed by atoms with Crippen LogP contribution in [0.2, 0.25) is 0 Å². The van der Waals surface area contributed by atoms with Gasteiger partial charge < -0.3 is 4.90 Å².